The maximum Gasteiger partial charge on any atom is 0.323 e. The number of fused-ring (bicyclic) bond motifs is 2. The van der Waals surface area contributed by atoms with E-state index < -0.39 is 12.1 Å². The minimum Gasteiger partial charge on any atom is -0.372 e. The molecule has 2 unspecified atom stereocenters. The molecule has 0 radical (unpaired) electrons. The van der Waals surface area contributed by atoms with Crippen LogP contribution in [0.5, 0.6) is 0 Å². The van der Waals surface area contributed by atoms with Crippen LogP contribution in [0.1, 0.15) is 90.3 Å². The molecule has 2 N–H and O–H groups in total. The van der Waals surface area contributed by atoms with Crippen LogP contribution >= 0.6 is 0 Å². The fraction of sp³-hybridized carbons (Fsp3) is 0.465. The summed E-state index contributed by atoms with van der Waals surface area (Å²) in [5.41, 5.74) is 7.92. The molecular weight excluding hydrogens is 765 g/mol. The molecule has 1 aromatic carbocycles. The fourth-order valence-corrected chi connectivity index (χ4v) is 8.94. The number of piperidine rings is 1. The fourth-order valence-electron chi connectivity index (χ4n) is 8.94. The van der Waals surface area contributed by atoms with Crippen LogP contribution in [-0.2, 0) is 20.9 Å². The Morgan fingerprint density at radius 3 is 2.65 bits per heavy atom. The number of hydrogen-bond donors (Lipinski definition) is 2. The summed E-state index contributed by atoms with van der Waals surface area (Å²) in [6, 6.07) is 8.71. The second-order valence-electron chi connectivity index (χ2n) is 16.2. The van der Waals surface area contributed by atoms with E-state index in [0.717, 1.165) is 104 Å². The van der Waals surface area contributed by atoms with Crippen LogP contribution in [0.4, 0.5) is 21.9 Å². The van der Waals surface area contributed by atoms with Gasteiger partial charge in [0.25, 0.3) is 11.8 Å². The lowest BCUT2D eigenvalue weighted by atomic mass is 10.0. The third kappa shape index (κ3) is 7.98. The van der Waals surface area contributed by atoms with Gasteiger partial charge in [-0.15, -0.1) is 0 Å². The SMILES string of the molecule is Cc1cc(NC(=O)Nc2cnc3ccnn3c2C2CCCO2)cnc1C1=NCC(CCCCCN2CCN(c3ccc4c(c3)CN(C3CCC(=O)N(C)C3=O)C4=O)CC2)=N1. The zero-order valence-electron chi connectivity index (χ0n) is 34.1. The van der Waals surface area contributed by atoms with Gasteiger partial charge in [-0.3, -0.25) is 34.2 Å². The first-order valence-electron chi connectivity index (χ1n) is 21.0. The number of aromatic nitrogens is 4. The molecule has 3 aromatic heterocycles. The Bertz CT molecular complexity index is 2400. The number of carbonyl (C=O) groups is 4. The lowest BCUT2D eigenvalue weighted by Crippen LogP contribution is -2.53. The molecule has 9 rings (SSSR count). The summed E-state index contributed by atoms with van der Waals surface area (Å²) in [6.07, 6.45) is 11.4. The quantitative estimate of drug-likeness (QED) is 0.151. The number of nitrogens with one attached hydrogen (secondary N) is 2. The molecule has 60 heavy (non-hydrogen) atoms. The zero-order valence-corrected chi connectivity index (χ0v) is 34.1. The van der Waals surface area contributed by atoms with Crippen LogP contribution in [0.3, 0.4) is 0 Å². The van der Waals surface area contributed by atoms with E-state index in [4.69, 9.17) is 9.73 Å². The van der Waals surface area contributed by atoms with Gasteiger partial charge in [0.2, 0.25) is 5.91 Å². The van der Waals surface area contributed by atoms with E-state index in [-0.39, 0.29) is 30.2 Å². The van der Waals surface area contributed by atoms with E-state index in [1.807, 2.05) is 31.2 Å². The Morgan fingerprint density at radius 2 is 1.83 bits per heavy atom. The van der Waals surface area contributed by atoms with Crippen LogP contribution < -0.4 is 15.5 Å². The highest BCUT2D eigenvalue weighted by molar-refractivity contribution is 6.11. The first kappa shape index (κ1) is 39.4. The Labute approximate surface area is 347 Å². The number of amidine groups is 1. The van der Waals surface area contributed by atoms with Crippen molar-refractivity contribution in [3.63, 3.8) is 0 Å². The summed E-state index contributed by atoms with van der Waals surface area (Å²) in [5, 5.41) is 10.2. The number of anilines is 3. The molecule has 5 amide bonds. The predicted molar refractivity (Wildman–Crippen MR) is 226 cm³/mol. The van der Waals surface area contributed by atoms with Crippen molar-refractivity contribution >= 4 is 58.0 Å². The van der Waals surface area contributed by atoms with Gasteiger partial charge in [0.05, 0.1) is 42.2 Å². The molecule has 8 heterocycles. The Morgan fingerprint density at radius 1 is 0.967 bits per heavy atom. The van der Waals surface area contributed by atoms with Gasteiger partial charge in [-0.25, -0.2) is 19.3 Å². The summed E-state index contributed by atoms with van der Waals surface area (Å²) in [7, 11) is 1.50. The number of urea groups is 1. The van der Waals surface area contributed by atoms with Gasteiger partial charge in [0.15, 0.2) is 11.5 Å². The van der Waals surface area contributed by atoms with Gasteiger partial charge >= 0.3 is 6.03 Å². The molecule has 5 aliphatic rings. The largest absolute Gasteiger partial charge is 0.372 e. The first-order valence-corrected chi connectivity index (χ1v) is 21.0. The molecule has 0 saturated carbocycles. The van der Waals surface area contributed by atoms with E-state index in [2.05, 4.69) is 46.6 Å². The predicted octanol–water partition coefficient (Wildman–Crippen LogP) is 4.62. The highest BCUT2D eigenvalue weighted by Crippen LogP contribution is 2.34. The van der Waals surface area contributed by atoms with E-state index in [9.17, 15) is 19.2 Å². The summed E-state index contributed by atoms with van der Waals surface area (Å²) in [5.74, 6) is 0.0114. The number of rotatable bonds is 12. The number of nitrogens with zero attached hydrogens (tertiary/aromatic N) is 10. The summed E-state index contributed by atoms with van der Waals surface area (Å²) in [6.45, 7) is 8.42. The minimum absolute atomic E-state index is 0.130. The minimum atomic E-state index is -0.587. The number of amides is 5. The number of carbonyl (C=O) groups excluding carboxylic acids is 4. The average Bonchev–Trinajstić information content (AvgIpc) is 4.09. The number of ether oxygens (including phenoxy) is 1. The van der Waals surface area contributed by atoms with Crippen molar-refractivity contribution in [1.29, 1.82) is 0 Å². The van der Waals surface area contributed by atoms with E-state index in [1.165, 1.54) is 7.05 Å². The van der Waals surface area contributed by atoms with Gasteiger partial charge in [0.1, 0.15) is 17.8 Å². The average molecular weight is 815 g/mol. The van der Waals surface area contributed by atoms with Crippen molar-refractivity contribution in [2.24, 2.45) is 9.98 Å². The molecule has 3 fully saturated rings. The number of aliphatic imine (C=N–C) groups is 2. The number of unbranched alkanes of at least 4 members (excludes halogenated alkanes) is 2. The molecule has 0 bridgehead atoms. The summed E-state index contributed by atoms with van der Waals surface area (Å²) < 4.78 is 7.65. The molecule has 17 heteroatoms. The molecular formula is C43H50N12O5. The number of pyridine rings is 1. The second-order valence-corrected chi connectivity index (χ2v) is 16.2. The number of hydrogen-bond acceptors (Lipinski definition) is 12. The molecule has 5 aliphatic heterocycles. The molecule has 0 aliphatic carbocycles. The van der Waals surface area contributed by atoms with E-state index in [1.54, 1.807) is 28.0 Å². The monoisotopic (exact) mass is 814 g/mol. The molecule has 2 atom stereocenters. The third-order valence-corrected chi connectivity index (χ3v) is 12.3. The third-order valence-electron chi connectivity index (χ3n) is 12.3. The highest BCUT2D eigenvalue weighted by atomic mass is 16.5. The van der Waals surface area contributed by atoms with Crippen molar-refractivity contribution in [1.82, 2.24) is 34.3 Å². The van der Waals surface area contributed by atoms with Crippen molar-refractivity contribution in [3.05, 3.63) is 77.0 Å². The lowest BCUT2D eigenvalue weighted by molar-refractivity contribution is -0.150. The topological polar surface area (TPSA) is 182 Å². The van der Waals surface area contributed by atoms with Crippen LogP contribution in [0.2, 0.25) is 0 Å². The van der Waals surface area contributed by atoms with Crippen LogP contribution in [0.15, 0.2) is 58.9 Å². The number of piperazine rings is 1. The number of imide groups is 1. The van der Waals surface area contributed by atoms with Crippen LogP contribution in [-0.4, -0.2) is 129 Å². The Kier molecular flexibility index (Phi) is 11.1. The smallest absolute Gasteiger partial charge is 0.323 e. The van der Waals surface area contributed by atoms with Gasteiger partial charge in [0, 0.05) is 75.8 Å². The maximum atomic E-state index is 13.2. The molecule has 4 aromatic rings. The standard InChI is InChI=1S/C43H50N12O5/c1-27-21-30(49-43(59)50-33-25-44-36-13-14-47-55(36)39(33)35-8-6-20-60-35)24-45-38(27)40-46-23-29(48-40)7-4-3-5-15-52-16-18-53(19-17-52)31-9-10-32-28(22-31)26-54(41(32)57)34-11-12-37(56)51(2)42(34)58/h9-10,13-14,21-22,24-25,34-35H,3-8,11-12,15-20,23,26H2,1-2H3,(H2,49,50,59). The van der Waals surface area contributed by atoms with Crippen molar-refractivity contribution < 1.29 is 23.9 Å². The molecule has 312 valence electrons. The first-order chi connectivity index (χ1) is 29.2. The number of likely N-dealkylation sites (tertiary alicyclic amines) is 1. The zero-order chi connectivity index (χ0) is 41.3. The Hall–Kier alpha value is -6.07. The van der Waals surface area contributed by atoms with Gasteiger partial charge in [-0.1, -0.05) is 6.42 Å². The molecule has 17 nitrogen and oxygen atoms in total. The number of likely N-dealkylation sites (N-methyl/N-ethyl adjacent to an activating group) is 1. The van der Waals surface area contributed by atoms with Crippen molar-refractivity contribution in [3.8, 4) is 0 Å². The lowest BCUT2D eigenvalue weighted by Gasteiger charge is -2.36. The molecule has 0 spiro atoms. The van der Waals surface area contributed by atoms with Crippen LogP contribution in [0, 0.1) is 6.92 Å². The summed E-state index contributed by atoms with van der Waals surface area (Å²) >= 11 is 0. The van der Waals surface area contributed by atoms with E-state index in [0.29, 0.717) is 60.2 Å². The van der Waals surface area contributed by atoms with Gasteiger partial charge < -0.3 is 25.2 Å². The van der Waals surface area contributed by atoms with E-state index >= 15 is 0 Å². The maximum absolute atomic E-state index is 13.2. The normalized spacial score (nSPS) is 20.9. The Balaban J connectivity index is 0.700. The van der Waals surface area contributed by atoms with Crippen molar-refractivity contribution in [2.45, 2.75) is 77.0 Å². The second kappa shape index (κ2) is 16.9. The number of benzene rings is 1. The number of aryl methyl sites for hydroxylation is 1. The summed E-state index contributed by atoms with van der Waals surface area (Å²) in [4.78, 5) is 77.3. The van der Waals surface area contributed by atoms with Gasteiger partial charge in [-0.2, -0.15) is 5.10 Å². The molecule has 3 saturated heterocycles. The van der Waals surface area contributed by atoms with Crippen molar-refractivity contribution in [2.75, 3.05) is 68.5 Å². The highest BCUT2D eigenvalue weighted by Gasteiger charge is 2.41. The van der Waals surface area contributed by atoms with Crippen LogP contribution in [0.25, 0.3) is 5.65 Å². The van der Waals surface area contributed by atoms with Gasteiger partial charge in [-0.05, 0) is 87.4 Å².